The largest absolute Gasteiger partial charge is 0.307 e. The molecule has 6 nitrogen and oxygen atoms in total. The van der Waals surface area contributed by atoms with Gasteiger partial charge in [0.15, 0.2) is 0 Å². The highest BCUT2D eigenvalue weighted by molar-refractivity contribution is 5.93. The Hall–Kier alpha value is -2.47. The Labute approximate surface area is 109 Å². The molecule has 19 heavy (non-hydrogen) atoms. The number of nitrogens with two attached hydrogens (primary N) is 1. The van der Waals surface area contributed by atoms with Crippen molar-refractivity contribution < 1.29 is 4.79 Å². The Balaban J connectivity index is 2.25. The van der Waals surface area contributed by atoms with Crippen molar-refractivity contribution in [3.63, 3.8) is 0 Å². The fraction of sp³-hybridized carbons (Fsp3) is 0.154. The molecule has 0 aliphatic carbocycles. The van der Waals surface area contributed by atoms with Gasteiger partial charge in [-0.25, -0.2) is 5.84 Å². The minimum atomic E-state index is -0.396. The monoisotopic (exact) mass is 258 g/mol. The van der Waals surface area contributed by atoms with Crippen LogP contribution in [0.1, 0.15) is 21.7 Å². The highest BCUT2D eigenvalue weighted by Crippen LogP contribution is 2.03. The van der Waals surface area contributed by atoms with Gasteiger partial charge in [0.05, 0.1) is 17.8 Å². The number of aromatic nitrogens is 2. The van der Waals surface area contributed by atoms with Gasteiger partial charge in [-0.05, 0) is 25.1 Å². The molecule has 0 saturated heterocycles. The molecule has 3 N–H and O–H groups in total. The number of carbonyl (C=O) groups is 1. The summed E-state index contributed by atoms with van der Waals surface area (Å²) < 4.78 is 1.62. The van der Waals surface area contributed by atoms with E-state index in [9.17, 15) is 9.59 Å². The zero-order valence-electron chi connectivity index (χ0n) is 10.5. The van der Waals surface area contributed by atoms with Crippen LogP contribution in [0, 0.1) is 6.92 Å². The van der Waals surface area contributed by atoms with E-state index in [2.05, 4.69) is 4.98 Å². The minimum absolute atomic E-state index is 0.0782. The average molecular weight is 258 g/mol. The predicted molar refractivity (Wildman–Crippen MR) is 70.4 cm³/mol. The number of nitrogens with zero attached hydrogens (tertiary/aromatic N) is 2. The SMILES string of the molecule is Cc1cccc(=O)n1Cc1ccc(C(=O)NN)cn1. The summed E-state index contributed by atoms with van der Waals surface area (Å²) >= 11 is 0. The molecule has 2 aromatic rings. The van der Waals surface area contributed by atoms with Crippen LogP contribution in [-0.4, -0.2) is 15.5 Å². The van der Waals surface area contributed by atoms with Gasteiger partial charge in [0.2, 0.25) is 0 Å². The van der Waals surface area contributed by atoms with Crippen LogP contribution in [0.15, 0.2) is 41.3 Å². The number of hydrazine groups is 1. The van der Waals surface area contributed by atoms with Crippen molar-refractivity contribution in [1.29, 1.82) is 0 Å². The molecule has 2 rings (SSSR count). The van der Waals surface area contributed by atoms with Crippen LogP contribution >= 0.6 is 0 Å². The molecule has 2 aromatic heterocycles. The summed E-state index contributed by atoms with van der Waals surface area (Å²) in [7, 11) is 0. The molecule has 1 amide bonds. The smallest absolute Gasteiger partial charge is 0.266 e. The Morgan fingerprint density at radius 1 is 1.37 bits per heavy atom. The molecule has 0 atom stereocenters. The maximum Gasteiger partial charge on any atom is 0.266 e. The van der Waals surface area contributed by atoms with Gasteiger partial charge in [-0.15, -0.1) is 0 Å². The number of aryl methyl sites for hydroxylation is 1. The molecule has 0 aliphatic rings. The third-order valence-electron chi connectivity index (χ3n) is 2.81. The van der Waals surface area contributed by atoms with E-state index < -0.39 is 5.91 Å². The third kappa shape index (κ3) is 2.86. The zero-order valence-corrected chi connectivity index (χ0v) is 10.5. The molecule has 0 unspecified atom stereocenters. The van der Waals surface area contributed by atoms with E-state index in [1.54, 1.807) is 22.8 Å². The fourth-order valence-electron chi connectivity index (χ4n) is 1.72. The van der Waals surface area contributed by atoms with Crippen molar-refractivity contribution >= 4 is 5.91 Å². The van der Waals surface area contributed by atoms with Gasteiger partial charge < -0.3 is 4.57 Å². The van der Waals surface area contributed by atoms with E-state index in [0.717, 1.165) is 5.69 Å². The van der Waals surface area contributed by atoms with E-state index in [0.29, 0.717) is 17.8 Å². The summed E-state index contributed by atoms with van der Waals surface area (Å²) in [5.74, 6) is 4.64. The lowest BCUT2D eigenvalue weighted by molar-refractivity contribution is 0.0953. The van der Waals surface area contributed by atoms with E-state index >= 15 is 0 Å². The molecule has 0 aliphatic heterocycles. The Kier molecular flexibility index (Phi) is 3.72. The Morgan fingerprint density at radius 3 is 2.74 bits per heavy atom. The van der Waals surface area contributed by atoms with E-state index in [4.69, 9.17) is 5.84 Å². The second kappa shape index (κ2) is 5.45. The summed E-state index contributed by atoms with van der Waals surface area (Å²) in [5, 5.41) is 0. The van der Waals surface area contributed by atoms with Crippen LogP contribution in [-0.2, 0) is 6.54 Å². The second-order valence-electron chi connectivity index (χ2n) is 4.10. The van der Waals surface area contributed by atoms with Gasteiger partial charge in [0, 0.05) is 18.0 Å². The lowest BCUT2D eigenvalue weighted by Gasteiger charge is -2.09. The number of pyridine rings is 2. The average Bonchev–Trinajstić information content (AvgIpc) is 2.43. The Morgan fingerprint density at radius 2 is 2.16 bits per heavy atom. The third-order valence-corrected chi connectivity index (χ3v) is 2.81. The van der Waals surface area contributed by atoms with Gasteiger partial charge in [-0.2, -0.15) is 0 Å². The molecule has 98 valence electrons. The lowest BCUT2D eigenvalue weighted by Crippen LogP contribution is -2.30. The molecule has 0 radical (unpaired) electrons. The zero-order chi connectivity index (χ0) is 13.8. The molecule has 0 fully saturated rings. The Bertz CT molecular complexity index is 646. The number of hydrogen-bond acceptors (Lipinski definition) is 4. The molecular formula is C13H14N4O2. The summed E-state index contributed by atoms with van der Waals surface area (Å²) in [5.41, 5.74) is 3.89. The highest BCUT2D eigenvalue weighted by Gasteiger charge is 2.05. The topological polar surface area (TPSA) is 90.0 Å². The van der Waals surface area contributed by atoms with E-state index in [1.165, 1.54) is 12.3 Å². The van der Waals surface area contributed by atoms with Crippen molar-refractivity contribution in [2.75, 3.05) is 0 Å². The van der Waals surface area contributed by atoms with Gasteiger partial charge in [0.25, 0.3) is 11.5 Å². The van der Waals surface area contributed by atoms with Crippen LogP contribution in [0.5, 0.6) is 0 Å². The van der Waals surface area contributed by atoms with Crippen molar-refractivity contribution in [2.24, 2.45) is 5.84 Å². The maximum atomic E-state index is 11.7. The van der Waals surface area contributed by atoms with Gasteiger partial charge in [-0.1, -0.05) is 6.07 Å². The van der Waals surface area contributed by atoms with Gasteiger partial charge >= 0.3 is 0 Å². The maximum absolute atomic E-state index is 11.7. The van der Waals surface area contributed by atoms with Crippen LogP contribution in [0.25, 0.3) is 0 Å². The van der Waals surface area contributed by atoms with Crippen molar-refractivity contribution in [1.82, 2.24) is 15.0 Å². The predicted octanol–water partition coefficient (Wildman–Crippen LogP) is 0.204. The molecule has 0 bridgehead atoms. The summed E-state index contributed by atoms with van der Waals surface area (Å²) in [6.45, 7) is 2.23. The lowest BCUT2D eigenvalue weighted by atomic mass is 10.2. The number of rotatable bonds is 3. The van der Waals surface area contributed by atoms with Crippen LogP contribution in [0.2, 0.25) is 0 Å². The van der Waals surface area contributed by atoms with Gasteiger partial charge in [0.1, 0.15) is 0 Å². The summed E-state index contributed by atoms with van der Waals surface area (Å²) in [4.78, 5) is 27.1. The molecule has 0 spiro atoms. The van der Waals surface area contributed by atoms with Crippen LogP contribution in [0.4, 0.5) is 0 Å². The number of amides is 1. The van der Waals surface area contributed by atoms with E-state index in [1.807, 2.05) is 18.4 Å². The number of carbonyl (C=O) groups excluding carboxylic acids is 1. The number of nitrogen functional groups attached to an aromatic ring is 1. The first-order valence-electron chi connectivity index (χ1n) is 5.74. The van der Waals surface area contributed by atoms with Crippen molar-refractivity contribution in [3.05, 3.63) is 63.8 Å². The first kappa shape index (κ1) is 13.0. The van der Waals surface area contributed by atoms with E-state index in [-0.39, 0.29) is 5.56 Å². The molecular weight excluding hydrogens is 244 g/mol. The van der Waals surface area contributed by atoms with Crippen molar-refractivity contribution in [3.8, 4) is 0 Å². The summed E-state index contributed by atoms with van der Waals surface area (Å²) in [6, 6.07) is 8.40. The molecule has 0 aromatic carbocycles. The van der Waals surface area contributed by atoms with Crippen molar-refractivity contribution in [2.45, 2.75) is 13.5 Å². The van der Waals surface area contributed by atoms with Crippen LogP contribution < -0.4 is 16.8 Å². The second-order valence-corrected chi connectivity index (χ2v) is 4.10. The fourth-order valence-corrected chi connectivity index (χ4v) is 1.72. The molecule has 6 heteroatoms. The quantitative estimate of drug-likeness (QED) is 0.467. The standard InChI is InChI=1S/C13H14N4O2/c1-9-3-2-4-12(18)17(9)8-11-6-5-10(7-15-11)13(19)16-14/h2-7H,8,14H2,1H3,(H,16,19). The van der Waals surface area contributed by atoms with Crippen LogP contribution in [0.3, 0.4) is 0 Å². The normalized spacial score (nSPS) is 10.2. The highest BCUT2D eigenvalue weighted by atomic mass is 16.2. The minimum Gasteiger partial charge on any atom is -0.307 e. The first-order chi connectivity index (χ1) is 9.11. The molecule has 2 heterocycles. The first-order valence-corrected chi connectivity index (χ1v) is 5.74. The molecule has 0 saturated carbocycles. The van der Waals surface area contributed by atoms with Gasteiger partial charge in [-0.3, -0.25) is 20.0 Å². The number of nitrogens with one attached hydrogen (secondary N) is 1. The summed E-state index contributed by atoms with van der Waals surface area (Å²) in [6.07, 6.45) is 1.43. The number of hydrogen-bond donors (Lipinski definition) is 2.